The number of carbonyl (C=O) groups is 1. The molecular weight excluding hydrogens is 440 g/mol. The van der Waals surface area contributed by atoms with Crippen LogP contribution in [-0.4, -0.2) is 31.1 Å². The number of fused-ring (bicyclic) bond motifs is 1. The summed E-state index contributed by atoms with van der Waals surface area (Å²) < 4.78 is 35.9. The first-order valence-corrected chi connectivity index (χ1v) is 12.6. The molecular formula is C22H23ClN2O5S. The number of carbonyl (C=O) groups excluding carboxylic acids is 1. The van der Waals surface area contributed by atoms with Gasteiger partial charge >= 0.3 is 0 Å². The minimum atomic E-state index is -3.47. The summed E-state index contributed by atoms with van der Waals surface area (Å²) in [5.74, 6) is 0.870. The summed E-state index contributed by atoms with van der Waals surface area (Å²) in [6, 6.07) is 8.20. The van der Waals surface area contributed by atoms with Crippen LogP contribution >= 0.6 is 11.6 Å². The maximum absolute atomic E-state index is 12.5. The molecule has 9 heteroatoms. The van der Waals surface area contributed by atoms with Gasteiger partial charge in [0.15, 0.2) is 17.2 Å². The first-order chi connectivity index (χ1) is 14.9. The third-order valence-corrected chi connectivity index (χ3v) is 8.02. The van der Waals surface area contributed by atoms with Crippen LogP contribution in [0.1, 0.15) is 60.9 Å². The lowest BCUT2D eigenvalue weighted by atomic mass is 9.86. The third-order valence-electron chi connectivity index (χ3n) is 6.04. The smallest absolute Gasteiger partial charge is 0.287 e. The number of nitrogens with zero attached hydrogens (tertiary/aromatic N) is 1. The predicted octanol–water partition coefficient (Wildman–Crippen LogP) is 4.71. The number of aromatic nitrogens is 1. The normalized spacial score (nSPS) is 22.0. The Hall–Kier alpha value is -2.32. The second-order valence-electron chi connectivity index (χ2n) is 8.53. The van der Waals surface area contributed by atoms with E-state index in [0.717, 1.165) is 49.6 Å². The van der Waals surface area contributed by atoms with Gasteiger partial charge in [0.1, 0.15) is 5.52 Å². The van der Waals surface area contributed by atoms with E-state index >= 15 is 0 Å². The molecule has 31 heavy (non-hydrogen) atoms. The van der Waals surface area contributed by atoms with E-state index in [2.05, 4.69) is 10.3 Å². The summed E-state index contributed by atoms with van der Waals surface area (Å²) >= 11 is 6.02. The maximum Gasteiger partial charge on any atom is 0.287 e. The molecule has 1 aromatic carbocycles. The topological polar surface area (TPSA) is 102 Å². The van der Waals surface area contributed by atoms with Crippen LogP contribution in [0.5, 0.6) is 0 Å². The van der Waals surface area contributed by atoms with Gasteiger partial charge < -0.3 is 14.2 Å². The van der Waals surface area contributed by atoms with E-state index in [1.54, 1.807) is 12.1 Å². The third kappa shape index (κ3) is 4.50. The fourth-order valence-corrected chi connectivity index (χ4v) is 5.90. The van der Waals surface area contributed by atoms with Crippen molar-refractivity contribution in [3.63, 3.8) is 0 Å². The van der Waals surface area contributed by atoms with Crippen molar-refractivity contribution in [3.05, 3.63) is 47.0 Å². The SMILES string of the molecule is O=C(NC1CCC(c2nc3cc(Cl)ccc3o2)CC1)c1ccc(S(=O)(=O)CC2CC2)o1. The summed E-state index contributed by atoms with van der Waals surface area (Å²) in [4.78, 5) is 17.1. The summed E-state index contributed by atoms with van der Waals surface area (Å²) in [5, 5.41) is 3.47. The molecule has 0 aliphatic heterocycles. The highest BCUT2D eigenvalue weighted by Gasteiger charge is 2.32. The van der Waals surface area contributed by atoms with Crippen LogP contribution in [0.3, 0.4) is 0 Å². The van der Waals surface area contributed by atoms with Crippen LogP contribution < -0.4 is 5.32 Å². The van der Waals surface area contributed by atoms with Gasteiger partial charge in [0, 0.05) is 17.0 Å². The lowest BCUT2D eigenvalue weighted by molar-refractivity contribution is 0.0891. The standard InChI is InChI=1S/C22H23ClN2O5S/c23-15-5-8-18-17(11-15)25-22(30-18)14-3-6-16(7-4-14)24-21(26)19-9-10-20(29-19)31(27,28)12-13-1-2-13/h5,8-11,13-14,16H,1-4,6-7,12H2,(H,24,26). The molecule has 3 aromatic rings. The van der Waals surface area contributed by atoms with Gasteiger partial charge in [-0.15, -0.1) is 0 Å². The molecule has 2 heterocycles. The van der Waals surface area contributed by atoms with E-state index in [1.807, 2.05) is 6.07 Å². The quantitative estimate of drug-likeness (QED) is 0.568. The molecule has 1 N–H and O–H groups in total. The minimum absolute atomic E-state index is 0.000746. The Balaban J connectivity index is 1.18. The fraction of sp³-hybridized carbons (Fsp3) is 0.455. The number of oxazole rings is 1. The number of sulfone groups is 1. The zero-order valence-electron chi connectivity index (χ0n) is 16.8. The van der Waals surface area contributed by atoms with E-state index in [1.165, 1.54) is 12.1 Å². The zero-order valence-corrected chi connectivity index (χ0v) is 18.4. The molecule has 2 aliphatic carbocycles. The maximum atomic E-state index is 12.5. The molecule has 1 amide bonds. The van der Waals surface area contributed by atoms with Crippen molar-refractivity contribution in [1.82, 2.24) is 10.3 Å². The van der Waals surface area contributed by atoms with Gasteiger partial charge in [-0.25, -0.2) is 13.4 Å². The van der Waals surface area contributed by atoms with E-state index in [-0.39, 0.29) is 40.4 Å². The zero-order chi connectivity index (χ0) is 21.6. The molecule has 2 fully saturated rings. The highest BCUT2D eigenvalue weighted by molar-refractivity contribution is 7.91. The monoisotopic (exact) mass is 462 g/mol. The van der Waals surface area contributed by atoms with Gasteiger partial charge in [0.05, 0.1) is 5.75 Å². The van der Waals surface area contributed by atoms with Crippen molar-refractivity contribution in [1.29, 1.82) is 0 Å². The molecule has 2 aliphatic rings. The lowest BCUT2D eigenvalue weighted by Gasteiger charge is -2.27. The van der Waals surface area contributed by atoms with Crippen LogP contribution in [0.4, 0.5) is 0 Å². The van der Waals surface area contributed by atoms with Crippen LogP contribution in [0.15, 0.2) is 44.3 Å². The second kappa shape index (κ2) is 7.98. The molecule has 0 atom stereocenters. The van der Waals surface area contributed by atoms with Gasteiger partial charge in [-0.3, -0.25) is 4.79 Å². The van der Waals surface area contributed by atoms with Crippen molar-refractivity contribution in [2.75, 3.05) is 5.75 Å². The van der Waals surface area contributed by atoms with Crippen molar-refractivity contribution >= 4 is 38.4 Å². The van der Waals surface area contributed by atoms with Crippen LogP contribution in [0.25, 0.3) is 11.1 Å². The van der Waals surface area contributed by atoms with E-state index in [9.17, 15) is 13.2 Å². The average Bonchev–Trinajstić information content (AvgIpc) is 3.24. The van der Waals surface area contributed by atoms with Gasteiger partial charge in [-0.2, -0.15) is 0 Å². The first-order valence-electron chi connectivity index (χ1n) is 10.6. The summed E-state index contributed by atoms with van der Waals surface area (Å²) in [6.07, 6.45) is 5.11. The van der Waals surface area contributed by atoms with Crippen LogP contribution in [0, 0.1) is 5.92 Å². The van der Waals surface area contributed by atoms with Gasteiger partial charge in [-0.1, -0.05) is 11.6 Å². The van der Waals surface area contributed by atoms with Gasteiger partial charge in [-0.05, 0) is 74.8 Å². The molecule has 0 unspecified atom stereocenters. The molecule has 2 aromatic heterocycles. The van der Waals surface area contributed by atoms with Crippen LogP contribution in [0.2, 0.25) is 5.02 Å². The average molecular weight is 463 g/mol. The van der Waals surface area contributed by atoms with Crippen LogP contribution in [-0.2, 0) is 9.84 Å². The Morgan fingerprint density at radius 2 is 1.84 bits per heavy atom. The number of amides is 1. The number of benzene rings is 1. The first kappa shape index (κ1) is 20.6. The lowest BCUT2D eigenvalue weighted by Crippen LogP contribution is -2.37. The molecule has 0 spiro atoms. The number of hydrogen-bond acceptors (Lipinski definition) is 6. The Morgan fingerprint density at radius 1 is 1.06 bits per heavy atom. The van der Waals surface area contributed by atoms with Crippen molar-refractivity contribution in [2.45, 2.75) is 55.6 Å². The Kier molecular flexibility index (Phi) is 5.30. The van der Waals surface area contributed by atoms with Gasteiger partial charge in [0.25, 0.3) is 5.91 Å². The number of nitrogens with one attached hydrogen (secondary N) is 1. The Morgan fingerprint density at radius 3 is 2.58 bits per heavy atom. The number of furan rings is 1. The Bertz CT molecular complexity index is 1220. The van der Waals surface area contributed by atoms with Crippen molar-refractivity contribution in [2.24, 2.45) is 5.92 Å². The number of halogens is 1. The summed E-state index contributed by atoms with van der Waals surface area (Å²) in [6.45, 7) is 0. The molecule has 2 saturated carbocycles. The van der Waals surface area contributed by atoms with Crippen molar-refractivity contribution in [3.8, 4) is 0 Å². The van der Waals surface area contributed by atoms with E-state index < -0.39 is 9.84 Å². The van der Waals surface area contributed by atoms with E-state index in [0.29, 0.717) is 10.9 Å². The predicted molar refractivity (Wildman–Crippen MR) is 115 cm³/mol. The second-order valence-corrected chi connectivity index (χ2v) is 10.9. The van der Waals surface area contributed by atoms with Gasteiger partial charge in [0.2, 0.25) is 14.9 Å². The highest BCUT2D eigenvalue weighted by Crippen LogP contribution is 2.35. The van der Waals surface area contributed by atoms with Crippen molar-refractivity contribution < 1.29 is 22.0 Å². The van der Waals surface area contributed by atoms with E-state index in [4.69, 9.17) is 20.4 Å². The molecule has 5 rings (SSSR count). The number of rotatable bonds is 6. The Labute approximate surface area is 185 Å². The molecule has 0 bridgehead atoms. The highest BCUT2D eigenvalue weighted by atomic mass is 35.5. The molecule has 0 radical (unpaired) electrons. The molecule has 0 saturated heterocycles. The fourth-order valence-electron chi connectivity index (χ4n) is 4.12. The number of hydrogen-bond donors (Lipinski definition) is 1. The minimum Gasteiger partial charge on any atom is -0.440 e. The summed E-state index contributed by atoms with van der Waals surface area (Å²) in [7, 11) is -3.47. The molecule has 164 valence electrons. The molecule has 7 nitrogen and oxygen atoms in total. The summed E-state index contributed by atoms with van der Waals surface area (Å²) in [5.41, 5.74) is 1.48. The largest absolute Gasteiger partial charge is 0.440 e.